The number of esters is 3. The Morgan fingerprint density at radius 1 is 0.765 bits per heavy atom. The monoisotopic (exact) mass is 256 g/mol. The van der Waals surface area contributed by atoms with E-state index in [2.05, 4.69) is 14.2 Å². The van der Waals surface area contributed by atoms with Crippen molar-refractivity contribution in [2.24, 2.45) is 5.92 Å². The fraction of sp³-hybridized carbons (Fsp3) is 0.700. The first-order chi connectivity index (χ1) is 7.58. The zero-order valence-corrected chi connectivity index (χ0v) is 9.65. The average molecular weight is 256 g/mol. The van der Waals surface area contributed by atoms with Gasteiger partial charge in [0.1, 0.15) is 0 Å². The molecule has 0 N–H and O–H groups in total. The van der Waals surface area contributed by atoms with Gasteiger partial charge in [-0.3, -0.25) is 14.4 Å². The zero-order chi connectivity index (χ0) is 12.6. The van der Waals surface area contributed by atoms with Gasteiger partial charge in [0, 0.05) is 0 Å². The van der Waals surface area contributed by atoms with E-state index >= 15 is 0 Å². The van der Waals surface area contributed by atoms with Crippen molar-refractivity contribution in [3.05, 3.63) is 0 Å². The third kappa shape index (κ3) is 6.65. The van der Waals surface area contributed by atoms with Gasteiger partial charge in [0.15, 0.2) is 0 Å². The molecule has 94 valence electrons. The minimum absolute atomic E-state index is 0. The van der Waals surface area contributed by atoms with E-state index in [1.807, 2.05) is 0 Å². The Kier molecular flexibility index (Phi) is 11.7. The molecule has 0 aliphatic rings. The molecule has 17 heavy (non-hydrogen) atoms. The van der Waals surface area contributed by atoms with Gasteiger partial charge in [-0.15, -0.1) is 0 Å². The first-order valence-corrected chi connectivity index (χ1v) is 5.08. The first-order valence-electron chi connectivity index (χ1n) is 5.08. The second-order valence-electron chi connectivity index (χ2n) is 2.69. The van der Waals surface area contributed by atoms with Gasteiger partial charge in [0.05, 0.1) is 19.8 Å². The van der Waals surface area contributed by atoms with Crippen molar-refractivity contribution >= 4 is 47.5 Å². The van der Waals surface area contributed by atoms with Gasteiger partial charge in [-0.25, -0.2) is 0 Å². The molecule has 0 aromatic rings. The second-order valence-corrected chi connectivity index (χ2v) is 2.69. The van der Waals surface area contributed by atoms with Crippen molar-refractivity contribution in [1.82, 2.24) is 0 Å². The molecule has 0 aliphatic heterocycles. The summed E-state index contributed by atoms with van der Waals surface area (Å²) in [6, 6.07) is 0. The van der Waals surface area contributed by atoms with Crippen LogP contribution in [0.25, 0.3) is 0 Å². The van der Waals surface area contributed by atoms with Crippen LogP contribution in [0.3, 0.4) is 0 Å². The number of carbonyl (C=O) groups is 3. The Hall–Kier alpha value is -0.590. The van der Waals surface area contributed by atoms with E-state index in [4.69, 9.17) is 0 Å². The Labute approximate surface area is 122 Å². The van der Waals surface area contributed by atoms with Crippen LogP contribution in [0, 0.1) is 5.92 Å². The van der Waals surface area contributed by atoms with E-state index in [9.17, 15) is 14.4 Å². The number of hydrogen-bond acceptors (Lipinski definition) is 6. The van der Waals surface area contributed by atoms with Gasteiger partial charge in [-0.2, -0.15) is 0 Å². The van der Waals surface area contributed by atoms with Crippen molar-refractivity contribution in [3.8, 4) is 0 Å². The first kappa shape index (κ1) is 18.8. The maximum atomic E-state index is 11.4. The van der Waals surface area contributed by atoms with Gasteiger partial charge in [-0.05, 0) is 20.8 Å². The topological polar surface area (TPSA) is 78.9 Å². The molecular weight excluding hydrogens is 239 g/mol. The fourth-order valence-corrected chi connectivity index (χ4v) is 0.965. The second kappa shape index (κ2) is 10.6. The quantitative estimate of drug-likeness (QED) is 0.279. The molecule has 0 unspecified atom stereocenters. The molecule has 0 rings (SSSR count). The van der Waals surface area contributed by atoms with Crippen molar-refractivity contribution in [1.29, 1.82) is 0 Å². The van der Waals surface area contributed by atoms with Crippen LogP contribution in [-0.2, 0) is 28.6 Å². The molecule has 0 bridgehead atoms. The van der Waals surface area contributed by atoms with Crippen LogP contribution in [0.4, 0.5) is 0 Å². The molecule has 0 atom stereocenters. The van der Waals surface area contributed by atoms with Crippen LogP contribution < -0.4 is 0 Å². The number of carbonyl (C=O) groups excluding carboxylic acids is 3. The summed E-state index contributed by atoms with van der Waals surface area (Å²) in [7, 11) is 0. The average Bonchev–Trinajstić information content (AvgIpc) is 2.19. The standard InChI is InChI=1S/C10H16O6.Na.H/c1-4-14-8(11)7(9(12)15-5-2)10(13)16-6-3;;/h7H,4-6H2,1-3H3;;. The molecule has 0 heterocycles. The summed E-state index contributed by atoms with van der Waals surface area (Å²) in [5, 5.41) is 0. The van der Waals surface area contributed by atoms with Gasteiger partial charge in [0.25, 0.3) is 5.92 Å². The molecule has 0 amide bonds. The molecule has 0 saturated heterocycles. The molecule has 0 aromatic heterocycles. The van der Waals surface area contributed by atoms with E-state index in [-0.39, 0.29) is 49.4 Å². The summed E-state index contributed by atoms with van der Waals surface area (Å²) >= 11 is 0. The van der Waals surface area contributed by atoms with Gasteiger partial charge in [0.2, 0.25) is 0 Å². The molecule has 0 radical (unpaired) electrons. The maximum absolute atomic E-state index is 11.4. The van der Waals surface area contributed by atoms with Crippen molar-refractivity contribution in [2.45, 2.75) is 20.8 Å². The summed E-state index contributed by atoms with van der Waals surface area (Å²) in [5.74, 6) is -4.47. The normalized spacial score (nSPS) is 9.18. The Morgan fingerprint density at radius 3 is 1.18 bits per heavy atom. The summed E-state index contributed by atoms with van der Waals surface area (Å²) in [5.41, 5.74) is 0. The predicted molar refractivity (Wildman–Crippen MR) is 60.5 cm³/mol. The van der Waals surface area contributed by atoms with Gasteiger partial charge < -0.3 is 14.2 Å². The molecule has 0 fully saturated rings. The van der Waals surface area contributed by atoms with Crippen molar-refractivity contribution in [3.63, 3.8) is 0 Å². The molecule has 0 saturated carbocycles. The minimum atomic E-state index is -1.64. The predicted octanol–water partition coefficient (Wildman–Crippen LogP) is -0.357. The van der Waals surface area contributed by atoms with Crippen molar-refractivity contribution in [2.75, 3.05) is 19.8 Å². The van der Waals surface area contributed by atoms with E-state index in [0.717, 1.165) is 0 Å². The molecule has 6 nitrogen and oxygen atoms in total. The Morgan fingerprint density at radius 2 is 1.00 bits per heavy atom. The SMILES string of the molecule is CCOC(=O)C(C(=O)OCC)C(=O)OCC.[NaH]. The third-order valence-corrected chi connectivity index (χ3v) is 1.57. The molecule has 0 spiro atoms. The Balaban J connectivity index is 0. The van der Waals surface area contributed by atoms with Crippen LogP contribution in [0.1, 0.15) is 20.8 Å². The van der Waals surface area contributed by atoms with Crippen LogP contribution in [-0.4, -0.2) is 67.3 Å². The van der Waals surface area contributed by atoms with E-state index in [1.165, 1.54) is 0 Å². The van der Waals surface area contributed by atoms with Gasteiger partial charge in [-0.1, -0.05) is 0 Å². The van der Waals surface area contributed by atoms with Crippen LogP contribution in [0.15, 0.2) is 0 Å². The molecule has 7 heteroatoms. The van der Waals surface area contributed by atoms with Crippen molar-refractivity contribution < 1.29 is 28.6 Å². The summed E-state index contributed by atoms with van der Waals surface area (Å²) in [6.07, 6.45) is 0. The number of rotatable bonds is 6. The molecule has 0 aromatic carbocycles. The van der Waals surface area contributed by atoms with E-state index in [1.54, 1.807) is 20.8 Å². The van der Waals surface area contributed by atoms with E-state index < -0.39 is 23.8 Å². The van der Waals surface area contributed by atoms with Crippen LogP contribution in [0.5, 0.6) is 0 Å². The van der Waals surface area contributed by atoms with Gasteiger partial charge >= 0.3 is 47.5 Å². The molecular formula is C10H17NaO6. The Bertz CT molecular complexity index is 223. The zero-order valence-electron chi connectivity index (χ0n) is 9.65. The van der Waals surface area contributed by atoms with E-state index in [0.29, 0.717) is 0 Å². The number of hydrogen-bond donors (Lipinski definition) is 0. The third-order valence-electron chi connectivity index (χ3n) is 1.57. The number of ether oxygens (including phenoxy) is 3. The summed E-state index contributed by atoms with van der Waals surface area (Å²) in [4.78, 5) is 34.1. The van der Waals surface area contributed by atoms with Crippen LogP contribution in [0.2, 0.25) is 0 Å². The summed E-state index contributed by atoms with van der Waals surface area (Å²) in [6.45, 7) is 4.96. The van der Waals surface area contributed by atoms with Crippen LogP contribution >= 0.6 is 0 Å². The molecule has 0 aliphatic carbocycles. The fourth-order valence-electron chi connectivity index (χ4n) is 0.965. The summed E-state index contributed by atoms with van der Waals surface area (Å²) < 4.78 is 13.8.